The van der Waals surface area contributed by atoms with E-state index < -0.39 is 11.5 Å². The summed E-state index contributed by atoms with van der Waals surface area (Å²) >= 11 is 0. The summed E-state index contributed by atoms with van der Waals surface area (Å²) in [5, 5.41) is 12.2. The Kier molecular flexibility index (Phi) is 4.19. The first-order valence-corrected chi connectivity index (χ1v) is 5.56. The van der Waals surface area contributed by atoms with Gasteiger partial charge in [0.2, 0.25) is 0 Å². The number of methoxy groups -OCH3 is 2. The molecular formula is C13H19NO4. The topological polar surface area (TPSA) is 67.8 Å². The molecule has 0 aromatic heterocycles. The van der Waals surface area contributed by atoms with Gasteiger partial charge in [-0.15, -0.1) is 0 Å². The average molecular weight is 253 g/mol. The minimum absolute atomic E-state index is 0.474. The molecule has 5 heteroatoms. The van der Waals surface area contributed by atoms with Crippen molar-refractivity contribution in [2.45, 2.75) is 26.4 Å². The standard InChI is InChI=1S/C13H19NO4/c1-8-6-10(17-4)11(18-5)7-9(8)14-12(15)13(2,3)16/h6-7,16H,1-5H3,(H,14,15). The van der Waals surface area contributed by atoms with Crippen molar-refractivity contribution in [3.05, 3.63) is 17.7 Å². The minimum Gasteiger partial charge on any atom is -0.493 e. The molecule has 0 saturated carbocycles. The number of aryl methyl sites for hydroxylation is 1. The first-order chi connectivity index (χ1) is 8.29. The molecule has 1 amide bonds. The molecule has 0 saturated heterocycles. The van der Waals surface area contributed by atoms with Crippen LogP contribution in [0.3, 0.4) is 0 Å². The van der Waals surface area contributed by atoms with Crippen molar-refractivity contribution in [1.82, 2.24) is 0 Å². The van der Waals surface area contributed by atoms with Crippen molar-refractivity contribution in [1.29, 1.82) is 0 Å². The van der Waals surface area contributed by atoms with Gasteiger partial charge in [-0.1, -0.05) is 0 Å². The van der Waals surface area contributed by atoms with Gasteiger partial charge < -0.3 is 19.9 Å². The van der Waals surface area contributed by atoms with E-state index in [1.54, 1.807) is 19.2 Å². The van der Waals surface area contributed by atoms with Crippen LogP contribution < -0.4 is 14.8 Å². The van der Waals surface area contributed by atoms with Gasteiger partial charge >= 0.3 is 0 Å². The van der Waals surface area contributed by atoms with Gasteiger partial charge in [0.25, 0.3) is 5.91 Å². The summed E-state index contributed by atoms with van der Waals surface area (Å²) in [4.78, 5) is 11.7. The molecule has 0 unspecified atom stereocenters. The third-order valence-electron chi connectivity index (χ3n) is 2.53. The largest absolute Gasteiger partial charge is 0.493 e. The molecule has 0 aliphatic heterocycles. The van der Waals surface area contributed by atoms with Gasteiger partial charge in [-0.25, -0.2) is 0 Å². The number of benzene rings is 1. The first kappa shape index (κ1) is 14.3. The van der Waals surface area contributed by atoms with Crippen LogP contribution in [-0.2, 0) is 4.79 Å². The Morgan fingerprint density at radius 1 is 1.22 bits per heavy atom. The zero-order chi connectivity index (χ0) is 13.9. The second kappa shape index (κ2) is 5.27. The normalized spacial score (nSPS) is 11.0. The molecular weight excluding hydrogens is 234 g/mol. The minimum atomic E-state index is -1.43. The number of hydrogen-bond donors (Lipinski definition) is 2. The summed E-state index contributed by atoms with van der Waals surface area (Å²) < 4.78 is 10.3. The zero-order valence-electron chi connectivity index (χ0n) is 11.3. The number of amides is 1. The molecule has 0 aliphatic carbocycles. The Morgan fingerprint density at radius 2 is 1.72 bits per heavy atom. The van der Waals surface area contributed by atoms with E-state index in [9.17, 15) is 9.90 Å². The quantitative estimate of drug-likeness (QED) is 0.857. The van der Waals surface area contributed by atoms with Gasteiger partial charge in [0.15, 0.2) is 11.5 Å². The lowest BCUT2D eigenvalue weighted by Crippen LogP contribution is -2.36. The number of carbonyl (C=O) groups is 1. The third-order valence-corrected chi connectivity index (χ3v) is 2.53. The molecule has 1 aromatic rings. The number of aliphatic hydroxyl groups is 1. The lowest BCUT2D eigenvalue weighted by molar-refractivity contribution is -0.130. The van der Waals surface area contributed by atoms with Crippen molar-refractivity contribution in [2.75, 3.05) is 19.5 Å². The van der Waals surface area contributed by atoms with Crippen LogP contribution >= 0.6 is 0 Å². The second-order valence-electron chi connectivity index (χ2n) is 4.54. The molecule has 1 aromatic carbocycles. The molecule has 0 spiro atoms. The average Bonchev–Trinajstić information content (AvgIpc) is 2.29. The van der Waals surface area contributed by atoms with E-state index in [0.29, 0.717) is 17.2 Å². The van der Waals surface area contributed by atoms with Gasteiger partial charge in [-0.05, 0) is 32.4 Å². The smallest absolute Gasteiger partial charge is 0.255 e. The fourth-order valence-corrected chi connectivity index (χ4v) is 1.39. The summed E-state index contributed by atoms with van der Waals surface area (Å²) in [5.41, 5.74) is -0.0235. The SMILES string of the molecule is COc1cc(C)c(NC(=O)C(C)(C)O)cc1OC. The van der Waals surface area contributed by atoms with Crippen molar-refractivity contribution in [2.24, 2.45) is 0 Å². The van der Waals surface area contributed by atoms with E-state index in [1.807, 2.05) is 6.92 Å². The Balaban J connectivity index is 3.07. The van der Waals surface area contributed by atoms with E-state index in [0.717, 1.165) is 5.56 Å². The fraction of sp³-hybridized carbons (Fsp3) is 0.462. The highest BCUT2D eigenvalue weighted by Crippen LogP contribution is 2.33. The molecule has 100 valence electrons. The Morgan fingerprint density at radius 3 is 2.17 bits per heavy atom. The van der Waals surface area contributed by atoms with Gasteiger partial charge in [-0.3, -0.25) is 4.79 Å². The number of anilines is 1. The van der Waals surface area contributed by atoms with Crippen LogP contribution in [0.1, 0.15) is 19.4 Å². The molecule has 0 bridgehead atoms. The highest BCUT2D eigenvalue weighted by molar-refractivity contribution is 5.97. The first-order valence-electron chi connectivity index (χ1n) is 5.56. The maximum Gasteiger partial charge on any atom is 0.255 e. The fourth-order valence-electron chi connectivity index (χ4n) is 1.39. The van der Waals surface area contributed by atoms with Crippen LogP contribution in [0.15, 0.2) is 12.1 Å². The molecule has 0 heterocycles. The van der Waals surface area contributed by atoms with E-state index in [2.05, 4.69) is 5.32 Å². The predicted molar refractivity (Wildman–Crippen MR) is 69.2 cm³/mol. The Labute approximate surface area is 107 Å². The summed E-state index contributed by atoms with van der Waals surface area (Å²) in [5.74, 6) is 0.642. The summed E-state index contributed by atoms with van der Waals surface area (Å²) in [6.07, 6.45) is 0. The van der Waals surface area contributed by atoms with Gasteiger partial charge in [0.05, 0.1) is 14.2 Å². The molecule has 0 radical (unpaired) electrons. The zero-order valence-corrected chi connectivity index (χ0v) is 11.3. The maximum atomic E-state index is 11.7. The molecule has 0 atom stereocenters. The highest BCUT2D eigenvalue weighted by atomic mass is 16.5. The summed E-state index contributed by atoms with van der Waals surface area (Å²) in [6.45, 7) is 4.69. The number of rotatable bonds is 4. The monoisotopic (exact) mass is 253 g/mol. The summed E-state index contributed by atoms with van der Waals surface area (Å²) in [7, 11) is 3.07. The van der Waals surface area contributed by atoms with Crippen LogP contribution in [0.25, 0.3) is 0 Å². The van der Waals surface area contributed by atoms with Crippen molar-refractivity contribution >= 4 is 11.6 Å². The van der Waals surface area contributed by atoms with Crippen molar-refractivity contribution in [3.63, 3.8) is 0 Å². The molecule has 0 aliphatic rings. The molecule has 18 heavy (non-hydrogen) atoms. The lowest BCUT2D eigenvalue weighted by Gasteiger charge is -2.19. The Bertz CT molecular complexity index is 449. The van der Waals surface area contributed by atoms with Crippen molar-refractivity contribution < 1.29 is 19.4 Å². The van der Waals surface area contributed by atoms with Gasteiger partial charge in [0, 0.05) is 11.8 Å². The third kappa shape index (κ3) is 3.13. The number of nitrogens with one attached hydrogen (secondary N) is 1. The van der Waals surface area contributed by atoms with E-state index >= 15 is 0 Å². The molecule has 1 rings (SSSR count). The van der Waals surface area contributed by atoms with Crippen LogP contribution in [0.5, 0.6) is 11.5 Å². The maximum absolute atomic E-state index is 11.7. The van der Waals surface area contributed by atoms with Gasteiger partial charge in [-0.2, -0.15) is 0 Å². The predicted octanol–water partition coefficient (Wildman–Crippen LogP) is 1.72. The lowest BCUT2D eigenvalue weighted by atomic mass is 10.1. The summed E-state index contributed by atoms with van der Waals surface area (Å²) in [6, 6.07) is 3.43. The number of ether oxygens (including phenoxy) is 2. The molecule has 5 nitrogen and oxygen atoms in total. The van der Waals surface area contributed by atoms with Gasteiger partial charge in [0.1, 0.15) is 5.60 Å². The highest BCUT2D eigenvalue weighted by Gasteiger charge is 2.24. The van der Waals surface area contributed by atoms with Crippen LogP contribution in [0.2, 0.25) is 0 Å². The molecule has 2 N–H and O–H groups in total. The van der Waals surface area contributed by atoms with E-state index in [-0.39, 0.29) is 0 Å². The number of hydrogen-bond acceptors (Lipinski definition) is 4. The molecule has 0 fully saturated rings. The van der Waals surface area contributed by atoms with Crippen molar-refractivity contribution in [3.8, 4) is 11.5 Å². The van der Waals surface area contributed by atoms with Crippen LogP contribution in [-0.4, -0.2) is 30.8 Å². The van der Waals surface area contributed by atoms with Crippen LogP contribution in [0.4, 0.5) is 5.69 Å². The second-order valence-corrected chi connectivity index (χ2v) is 4.54. The number of carbonyl (C=O) groups excluding carboxylic acids is 1. The van der Waals surface area contributed by atoms with E-state index in [1.165, 1.54) is 21.0 Å². The Hall–Kier alpha value is -1.75. The van der Waals surface area contributed by atoms with Crippen LogP contribution in [0, 0.1) is 6.92 Å². The van der Waals surface area contributed by atoms with E-state index in [4.69, 9.17) is 9.47 Å².